The summed E-state index contributed by atoms with van der Waals surface area (Å²) in [6.45, 7) is 1.34. The van der Waals surface area contributed by atoms with Crippen molar-refractivity contribution < 1.29 is 18.0 Å². The molecular formula is C20H21F3N4OS. The molecule has 1 aromatic heterocycles. The number of halogens is 3. The Balaban J connectivity index is 1.63. The SMILES string of the molecule is CSc1cccc(NC(=O)c2cc(C(F)(F)F)nnc2N2CCC3(CC2)CC3)c1. The Hall–Kier alpha value is -2.29. The molecular weight excluding hydrogens is 401 g/mol. The molecule has 0 unspecified atom stereocenters. The number of carbonyl (C=O) groups excluding carboxylic acids is 1. The molecule has 1 amide bonds. The monoisotopic (exact) mass is 422 g/mol. The lowest BCUT2D eigenvalue weighted by atomic mass is 9.93. The maximum atomic E-state index is 13.2. The van der Waals surface area contributed by atoms with Crippen molar-refractivity contribution in [3.63, 3.8) is 0 Å². The third-order valence-corrected chi connectivity index (χ3v) is 6.44. The van der Waals surface area contributed by atoms with E-state index in [9.17, 15) is 18.0 Å². The normalized spacial score (nSPS) is 18.0. The predicted molar refractivity (Wildman–Crippen MR) is 106 cm³/mol. The van der Waals surface area contributed by atoms with E-state index < -0.39 is 17.8 Å². The van der Waals surface area contributed by atoms with Crippen LogP contribution in [0.5, 0.6) is 0 Å². The van der Waals surface area contributed by atoms with Gasteiger partial charge in [0.2, 0.25) is 0 Å². The Kier molecular flexibility index (Phi) is 5.18. The second-order valence-electron chi connectivity index (χ2n) is 7.64. The molecule has 1 aliphatic heterocycles. The van der Waals surface area contributed by atoms with Crippen molar-refractivity contribution in [1.29, 1.82) is 0 Å². The Labute approximate surface area is 171 Å². The summed E-state index contributed by atoms with van der Waals surface area (Å²) in [5, 5.41) is 9.88. The average molecular weight is 422 g/mol. The highest BCUT2D eigenvalue weighted by molar-refractivity contribution is 7.98. The molecule has 1 aliphatic carbocycles. The highest BCUT2D eigenvalue weighted by atomic mass is 32.2. The first kappa shape index (κ1) is 20.0. The molecule has 2 heterocycles. The predicted octanol–water partition coefficient (Wildman–Crippen LogP) is 4.85. The fourth-order valence-corrected chi connectivity index (χ4v) is 4.15. The number of hydrogen-bond acceptors (Lipinski definition) is 5. The summed E-state index contributed by atoms with van der Waals surface area (Å²) >= 11 is 1.51. The summed E-state index contributed by atoms with van der Waals surface area (Å²) in [5.74, 6) is -0.405. The minimum Gasteiger partial charge on any atom is -0.354 e. The smallest absolute Gasteiger partial charge is 0.354 e. The molecule has 0 atom stereocenters. The molecule has 4 rings (SSSR count). The lowest BCUT2D eigenvalue weighted by Gasteiger charge is -2.33. The molecule has 1 saturated carbocycles. The number of benzene rings is 1. The molecule has 5 nitrogen and oxygen atoms in total. The minimum atomic E-state index is -4.67. The number of piperidine rings is 1. The number of nitrogens with one attached hydrogen (secondary N) is 1. The van der Waals surface area contributed by atoms with Crippen molar-refractivity contribution in [3.05, 3.63) is 41.6 Å². The number of hydrogen-bond donors (Lipinski definition) is 1. The molecule has 2 fully saturated rings. The van der Waals surface area contributed by atoms with E-state index >= 15 is 0 Å². The molecule has 154 valence electrons. The lowest BCUT2D eigenvalue weighted by Crippen LogP contribution is -2.37. The summed E-state index contributed by atoms with van der Waals surface area (Å²) in [6, 6.07) is 7.96. The van der Waals surface area contributed by atoms with Gasteiger partial charge in [0.05, 0.1) is 5.56 Å². The summed E-state index contributed by atoms with van der Waals surface area (Å²) in [7, 11) is 0. The van der Waals surface area contributed by atoms with Gasteiger partial charge in [-0.25, -0.2) is 0 Å². The van der Waals surface area contributed by atoms with Gasteiger partial charge in [-0.1, -0.05) is 6.07 Å². The summed E-state index contributed by atoms with van der Waals surface area (Å²) in [6.07, 6.45) is 1.58. The zero-order chi connectivity index (χ0) is 20.6. The van der Waals surface area contributed by atoms with Crippen molar-refractivity contribution >= 4 is 29.2 Å². The van der Waals surface area contributed by atoms with Crippen LogP contribution in [0.2, 0.25) is 0 Å². The highest BCUT2D eigenvalue weighted by Gasteiger charge is 2.45. The van der Waals surface area contributed by atoms with Crippen LogP contribution < -0.4 is 10.2 Å². The van der Waals surface area contributed by atoms with Crippen LogP contribution in [-0.4, -0.2) is 35.4 Å². The van der Waals surface area contributed by atoms with Crippen molar-refractivity contribution in [2.45, 2.75) is 36.8 Å². The molecule has 9 heteroatoms. The van der Waals surface area contributed by atoms with Gasteiger partial charge in [0.25, 0.3) is 5.91 Å². The number of amides is 1. The molecule has 29 heavy (non-hydrogen) atoms. The average Bonchev–Trinajstić information content (AvgIpc) is 3.46. The summed E-state index contributed by atoms with van der Waals surface area (Å²) in [5.41, 5.74) is -0.349. The molecule has 2 aliphatic rings. The first-order valence-corrected chi connectivity index (χ1v) is 10.7. The van der Waals surface area contributed by atoms with Crippen molar-refractivity contribution in [1.82, 2.24) is 10.2 Å². The molecule has 0 radical (unpaired) electrons. The first-order valence-electron chi connectivity index (χ1n) is 9.45. The van der Waals surface area contributed by atoms with Crippen molar-refractivity contribution in [3.8, 4) is 0 Å². The Morgan fingerprint density at radius 3 is 2.48 bits per heavy atom. The van der Waals surface area contributed by atoms with Crippen molar-refractivity contribution in [2.24, 2.45) is 5.41 Å². The number of anilines is 2. The maximum absolute atomic E-state index is 13.2. The Morgan fingerprint density at radius 2 is 1.86 bits per heavy atom. The van der Waals surface area contributed by atoms with Gasteiger partial charge >= 0.3 is 6.18 Å². The number of alkyl halides is 3. The van der Waals surface area contributed by atoms with E-state index in [1.807, 2.05) is 17.2 Å². The number of thioether (sulfide) groups is 1. The fourth-order valence-electron chi connectivity index (χ4n) is 3.69. The molecule has 1 spiro atoms. The third kappa shape index (κ3) is 4.34. The maximum Gasteiger partial charge on any atom is 0.435 e. The van der Waals surface area contributed by atoms with Crippen LogP contribution in [0.4, 0.5) is 24.7 Å². The van der Waals surface area contributed by atoms with Gasteiger partial charge in [0, 0.05) is 23.7 Å². The van der Waals surface area contributed by atoms with E-state index in [-0.39, 0.29) is 11.4 Å². The van der Waals surface area contributed by atoms with E-state index in [2.05, 4.69) is 15.5 Å². The molecule has 2 aromatic rings. The van der Waals surface area contributed by atoms with Crippen LogP contribution in [0, 0.1) is 5.41 Å². The van der Waals surface area contributed by atoms with E-state index in [1.165, 1.54) is 24.6 Å². The van der Waals surface area contributed by atoms with E-state index in [0.29, 0.717) is 24.2 Å². The van der Waals surface area contributed by atoms with Gasteiger partial charge in [0.15, 0.2) is 11.5 Å². The number of nitrogens with zero attached hydrogens (tertiary/aromatic N) is 3. The zero-order valence-corrected chi connectivity index (χ0v) is 16.7. The zero-order valence-electron chi connectivity index (χ0n) is 15.9. The number of carbonyl (C=O) groups is 1. The van der Waals surface area contributed by atoms with Gasteiger partial charge in [-0.05, 0) is 61.6 Å². The quantitative estimate of drug-likeness (QED) is 0.714. The van der Waals surface area contributed by atoms with E-state index in [1.54, 1.807) is 18.2 Å². The topological polar surface area (TPSA) is 58.1 Å². The van der Waals surface area contributed by atoms with Crippen LogP contribution in [0.25, 0.3) is 0 Å². The second-order valence-corrected chi connectivity index (χ2v) is 8.52. The Bertz CT molecular complexity index is 920. The first-order chi connectivity index (χ1) is 13.8. The van der Waals surface area contributed by atoms with E-state index in [4.69, 9.17) is 0 Å². The van der Waals surface area contributed by atoms with Crippen LogP contribution in [0.1, 0.15) is 41.7 Å². The summed E-state index contributed by atoms with van der Waals surface area (Å²) in [4.78, 5) is 15.7. The third-order valence-electron chi connectivity index (χ3n) is 5.72. The molecule has 0 bridgehead atoms. The molecule has 1 aromatic carbocycles. The Morgan fingerprint density at radius 1 is 1.14 bits per heavy atom. The summed E-state index contributed by atoms with van der Waals surface area (Å²) < 4.78 is 39.6. The van der Waals surface area contributed by atoms with Crippen molar-refractivity contribution in [2.75, 3.05) is 29.6 Å². The van der Waals surface area contributed by atoms with Gasteiger partial charge in [-0.15, -0.1) is 22.0 Å². The van der Waals surface area contributed by atoms with Gasteiger partial charge in [-0.2, -0.15) is 13.2 Å². The van der Waals surface area contributed by atoms with Gasteiger partial charge < -0.3 is 10.2 Å². The van der Waals surface area contributed by atoms with Gasteiger partial charge in [-0.3, -0.25) is 4.79 Å². The lowest BCUT2D eigenvalue weighted by molar-refractivity contribution is -0.141. The van der Waals surface area contributed by atoms with E-state index in [0.717, 1.165) is 23.8 Å². The molecule has 1 N–H and O–H groups in total. The largest absolute Gasteiger partial charge is 0.435 e. The number of rotatable bonds is 4. The minimum absolute atomic E-state index is 0.103. The van der Waals surface area contributed by atoms with Crippen LogP contribution >= 0.6 is 11.8 Å². The second kappa shape index (κ2) is 7.51. The van der Waals surface area contributed by atoms with Crippen LogP contribution in [-0.2, 0) is 6.18 Å². The van der Waals surface area contributed by atoms with Crippen LogP contribution in [0.3, 0.4) is 0 Å². The standard InChI is InChI=1S/C20H21F3N4OS/c1-29-14-4-2-3-13(11-14)24-18(28)15-12-16(20(21,22)23)25-26-17(15)27-9-7-19(5-6-19)8-10-27/h2-4,11-12H,5-10H2,1H3,(H,24,28). The number of aromatic nitrogens is 2. The van der Waals surface area contributed by atoms with Gasteiger partial charge in [0.1, 0.15) is 0 Å². The fraction of sp³-hybridized carbons (Fsp3) is 0.450. The van der Waals surface area contributed by atoms with Crippen LogP contribution in [0.15, 0.2) is 35.2 Å². The molecule has 1 saturated heterocycles. The highest BCUT2D eigenvalue weighted by Crippen LogP contribution is 2.54.